The third-order valence-electron chi connectivity index (χ3n) is 10.0. The van der Waals surface area contributed by atoms with E-state index in [0.29, 0.717) is 5.41 Å². The zero-order valence-electron chi connectivity index (χ0n) is 26.4. The molecule has 0 atom stereocenters. The minimum absolute atomic E-state index is 0.194. The summed E-state index contributed by atoms with van der Waals surface area (Å²) in [5.41, 5.74) is 9.35. The van der Waals surface area contributed by atoms with Crippen LogP contribution in [0.25, 0.3) is 11.0 Å². The van der Waals surface area contributed by atoms with E-state index in [-0.39, 0.29) is 23.0 Å². The third-order valence-corrected chi connectivity index (χ3v) is 10.0. The number of fused-ring (bicyclic) bond motifs is 7. The summed E-state index contributed by atoms with van der Waals surface area (Å²) in [5.74, 6) is 3.52. The first-order valence-corrected chi connectivity index (χ1v) is 15.5. The van der Waals surface area contributed by atoms with Crippen molar-refractivity contribution in [3.05, 3.63) is 71.0 Å². The van der Waals surface area contributed by atoms with Gasteiger partial charge in [-0.15, -0.1) is 0 Å². The Kier molecular flexibility index (Phi) is 6.33. The van der Waals surface area contributed by atoms with E-state index in [2.05, 4.69) is 121 Å². The highest BCUT2D eigenvalue weighted by atomic mass is 16.4. The summed E-state index contributed by atoms with van der Waals surface area (Å²) in [6.07, 6.45) is 17.9. The third kappa shape index (κ3) is 4.80. The van der Waals surface area contributed by atoms with Crippen molar-refractivity contribution in [1.29, 1.82) is 0 Å². The first kappa shape index (κ1) is 27.5. The largest absolute Gasteiger partial charge is 0.441 e. The Bertz CT molecular complexity index is 1450. The van der Waals surface area contributed by atoms with Gasteiger partial charge in [-0.1, -0.05) is 85.1 Å². The summed E-state index contributed by atoms with van der Waals surface area (Å²) in [7, 11) is 0. The molecule has 2 aliphatic heterocycles. The van der Waals surface area contributed by atoms with E-state index < -0.39 is 0 Å². The summed E-state index contributed by atoms with van der Waals surface area (Å²) in [6.45, 7) is 23.0. The predicted molar refractivity (Wildman–Crippen MR) is 172 cm³/mol. The average molecular weight is 537 g/mol. The van der Waals surface area contributed by atoms with E-state index in [1.165, 1.54) is 47.7 Å². The minimum Gasteiger partial charge on any atom is -0.441 e. The van der Waals surface area contributed by atoms with Gasteiger partial charge in [0.2, 0.25) is 6.71 Å². The second-order valence-electron chi connectivity index (χ2n) is 16.0. The summed E-state index contributed by atoms with van der Waals surface area (Å²) in [5, 5.41) is 1.32. The number of anilines is 1. The smallest absolute Gasteiger partial charge is 0.243 e. The van der Waals surface area contributed by atoms with Crippen LogP contribution in [0, 0.1) is 10.8 Å². The van der Waals surface area contributed by atoms with Gasteiger partial charge in [-0.25, -0.2) is 0 Å². The number of benzene rings is 1. The van der Waals surface area contributed by atoms with Gasteiger partial charge in [-0.3, -0.25) is 0 Å². The van der Waals surface area contributed by atoms with Crippen LogP contribution in [0.1, 0.15) is 106 Å². The van der Waals surface area contributed by atoms with Crippen LogP contribution in [0.2, 0.25) is 0 Å². The number of allylic oxidation sites excluding steroid dienone is 3. The molecular weight excluding hydrogens is 487 g/mol. The molecule has 2 aromatic rings. The number of hydrogen-bond donors (Lipinski definition) is 0. The lowest BCUT2D eigenvalue weighted by Gasteiger charge is -2.52. The van der Waals surface area contributed by atoms with Crippen LogP contribution in [0.4, 0.5) is 5.88 Å². The fraction of sp³-hybridized carbons (Fsp3) is 0.556. The molecule has 0 radical (unpaired) electrons. The monoisotopic (exact) mass is 536 g/mol. The second kappa shape index (κ2) is 9.20. The maximum atomic E-state index is 6.84. The van der Waals surface area contributed by atoms with Crippen molar-refractivity contribution in [3.63, 3.8) is 0 Å². The van der Waals surface area contributed by atoms with Crippen LogP contribution in [-0.4, -0.2) is 24.7 Å². The zero-order valence-corrected chi connectivity index (χ0v) is 26.4. The van der Waals surface area contributed by atoms with Gasteiger partial charge in [-0.2, -0.15) is 0 Å². The standard InChI is InChI=1S/C36H49BN2O/c1-25-22-37-26(23-38(25)18-10-12-33(2,3)4)24-39(19-11-13-34(5,6)7)32-31(37)27-20-28-29(21-30(27)40-32)36(9)16-14-35(28,8)15-17-36/h10-12,19-23H,13-18,24H2,1-9H3/b12-10+,19-11+. The van der Waals surface area contributed by atoms with Gasteiger partial charge in [0, 0.05) is 35.8 Å². The Labute approximate surface area is 243 Å². The van der Waals surface area contributed by atoms with Crippen LogP contribution in [0.3, 0.4) is 0 Å². The normalized spacial score (nSPS) is 26.5. The first-order valence-electron chi connectivity index (χ1n) is 15.5. The molecule has 1 saturated carbocycles. The highest BCUT2D eigenvalue weighted by Crippen LogP contribution is 2.57. The second-order valence-corrected chi connectivity index (χ2v) is 16.0. The Morgan fingerprint density at radius 3 is 2.23 bits per heavy atom. The molecule has 3 nitrogen and oxygen atoms in total. The number of hydrogen-bond acceptors (Lipinski definition) is 3. The SMILES string of the molecule is CC1=CB2C(=CN1C/C=C/C(C)(C)C)CN(/C=C/CC(C)(C)C)c1oc3cc4c(cc3c12)C1(C)CCC4(C)CC1. The van der Waals surface area contributed by atoms with Gasteiger partial charge in [0.15, 0.2) is 5.88 Å². The van der Waals surface area contributed by atoms with E-state index in [0.717, 1.165) is 31.0 Å². The van der Waals surface area contributed by atoms with Crippen molar-refractivity contribution in [1.82, 2.24) is 4.90 Å². The molecule has 0 N–H and O–H groups in total. The van der Waals surface area contributed by atoms with E-state index in [1.807, 2.05) is 0 Å². The first-order chi connectivity index (χ1) is 18.7. The van der Waals surface area contributed by atoms with Crippen molar-refractivity contribution in [2.24, 2.45) is 10.8 Å². The van der Waals surface area contributed by atoms with Crippen molar-refractivity contribution in [2.45, 2.75) is 105 Å². The molecule has 5 aliphatic rings. The van der Waals surface area contributed by atoms with Crippen molar-refractivity contribution >= 4 is 29.0 Å². The Morgan fingerprint density at radius 2 is 1.60 bits per heavy atom. The molecule has 7 rings (SSSR count). The lowest BCUT2D eigenvalue weighted by atomic mass is 9.37. The van der Waals surface area contributed by atoms with Gasteiger partial charge < -0.3 is 14.2 Å². The molecular formula is C36H49BN2O. The van der Waals surface area contributed by atoms with E-state index >= 15 is 0 Å². The highest BCUT2D eigenvalue weighted by molar-refractivity contribution is 6.87. The fourth-order valence-corrected chi connectivity index (χ4v) is 7.43. The average Bonchev–Trinajstić information content (AvgIpc) is 3.23. The summed E-state index contributed by atoms with van der Waals surface area (Å²) in [4.78, 5) is 4.79. The summed E-state index contributed by atoms with van der Waals surface area (Å²) < 4.78 is 6.84. The maximum Gasteiger partial charge on any atom is 0.243 e. The Morgan fingerprint density at radius 1 is 0.950 bits per heavy atom. The van der Waals surface area contributed by atoms with Gasteiger partial charge in [0.25, 0.3) is 0 Å². The number of rotatable bonds is 4. The molecule has 212 valence electrons. The van der Waals surface area contributed by atoms with Gasteiger partial charge >= 0.3 is 0 Å². The Hall–Kier alpha value is -2.62. The van der Waals surface area contributed by atoms with Crippen LogP contribution in [-0.2, 0) is 10.8 Å². The quantitative estimate of drug-likeness (QED) is 0.288. The van der Waals surface area contributed by atoms with E-state index in [4.69, 9.17) is 4.42 Å². The van der Waals surface area contributed by atoms with E-state index in [9.17, 15) is 0 Å². The van der Waals surface area contributed by atoms with Crippen LogP contribution in [0.5, 0.6) is 0 Å². The Balaban J connectivity index is 1.46. The van der Waals surface area contributed by atoms with Gasteiger partial charge in [0.05, 0.1) is 0 Å². The minimum atomic E-state index is 0.194. The maximum absolute atomic E-state index is 6.84. The molecule has 1 aromatic heterocycles. The highest BCUT2D eigenvalue weighted by Gasteiger charge is 2.48. The number of nitrogens with zero attached hydrogens (tertiary/aromatic N) is 2. The van der Waals surface area contributed by atoms with Crippen LogP contribution < -0.4 is 10.4 Å². The lowest BCUT2D eigenvalue weighted by Crippen LogP contribution is -2.47. The lowest BCUT2D eigenvalue weighted by molar-refractivity contribution is 0.188. The molecule has 2 bridgehead atoms. The predicted octanol–water partition coefficient (Wildman–Crippen LogP) is 8.79. The van der Waals surface area contributed by atoms with Crippen molar-refractivity contribution in [2.75, 3.05) is 18.0 Å². The summed E-state index contributed by atoms with van der Waals surface area (Å²) >= 11 is 0. The van der Waals surface area contributed by atoms with Crippen LogP contribution in [0.15, 0.2) is 64.3 Å². The molecule has 0 amide bonds. The molecule has 40 heavy (non-hydrogen) atoms. The molecule has 0 saturated heterocycles. The molecule has 0 spiro atoms. The van der Waals surface area contributed by atoms with Crippen molar-refractivity contribution in [3.8, 4) is 0 Å². The molecule has 3 aliphatic carbocycles. The van der Waals surface area contributed by atoms with Gasteiger partial charge in [0.1, 0.15) is 5.58 Å². The molecule has 1 fully saturated rings. The summed E-state index contributed by atoms with van der Waals surface area (Å²) in [6, 6.07) is 4.98. The molecule has 3 heterocycles. The fourth-order valence-electron chi connectivity index (χ4n) is 7.43. The van der Waals surface area contributed by atoms with Crippen LogP contribution >= 0.6 is 0 Å². The van der Waals surface area contributed by atoms with E-state index in [1.54, 1.807) is 11.1 Å². The topological polar surface area (TPSA) is 19.6 Å². The molecule has 0 unspecified atom stereocenters. The zero-order chi connectivity index (χ0) is 28.7. The molecule has 4 heteroatoms. The van der Waals surface area contributed by atoms with Gasteiger partial charge in [-0.05, 0) is 90.1 Å². The number of furan rings is 1. The molecule has 1 aromatic carbocycles. The van der Waals surface area contributed by atoms with Crippen molar-refractivity contribution < 1.29 is 4.42 Å².